The number of thioether (sulfide) groups is 1. The van der Waals surface area contributed by atoms with Gasteiger partial charge in [0.1, 0.15) is 11.4 Å². The van der Waals surface area contributed by atoms with Crippen molar-refractivity contribution in [3.63, 3.8) is 0 Å². The summed E-state index contributed by atoms with van der Waals surface area (Å²) in [5.74, 6) is -1.50. The first-order valence-electron chi connectivity index (χ1n) is 18.5. The monoisotopic (exact) mass is 707 g/mol. The molecule has 2 aromatic carbocycles. The van der Waals surface area contributed by atoms with Crippen LogP contribution in [0.5, 0.6) is 0 Å². The van der Waals surface area contributed by atoms with Gasteiger partial charge in [0, 0.05) is 35.3 Å². The second-order valence-corrected chi connectivity index (χ2v) is 13.2. The lowest BCUT2D eigenvalue weighted by molar-refractivity contribution is -0.144. The van der Waals surface area contributed by atoms with Crippen molar-refractivity contribution in [2.24, 2.45) is 15.5 Å². The highest BCUT2D eigenvalue weighted by Crippen LogP contribution is 2.19. The van der Waals surface area contributed by atoms with Gasteiger partial charge in [-0.25, -0.2) is 14.4 Å². The second kappa shape index (κ2) is 27.0. The van der Waals surface area contributed by atoms with Gasteiger partial charge in [0.2, 0.25) is 0 Å². The summed E-state index contributed by atoms with van der Waals surface area (Å²) < 4.78 is 0. The Bertz CT molecular complexity index is 1360. The van der Waals surface area contributed by atoms with Crippen LogP contribution in [0.4, 0.5) is 0 Å². The van der Waals surface area contributed by atoms with Crippen LogP contribution in [0, 0.1) is 0 Å². The van der Waals surface area contributed by atoms with Crippen LogP contribution in [-0.2, 0) is 28.9 Å². The van der Waals surface area contributed by atoms with Crippen LogP contribution in [0.1, 0.15) is 147 Å². The van der Waals surface area contributed by atoms with Gasteiger partial charge in [-0.3, -0.25) is 0 Å². The minimum Gasteiger partial charge on any atom is -0.318 e. The first-order chi connectivity index (χ1) is 24.4. The molecular formula is C40H57N3O6S. The number of hydrogen-bond acceptors (Lipinski definition) is 10. The number of carbonyl (C=O) groups is 3. The van der Waals surface area contributed by atoms with Gasteiger partial charge in [-0.05, 0) is 37.7 Å². The molecule has 0 bridgehead atoms. The Morgan fingerprint density at radius 2 is 0.880 bits per heavy atom. The van der Waals surface area contributed by atoms with Gasteiger partial charge >= 0.3 is 17.9 Å². The van der Waals surface area contributed by atoms with Crippen molar-refractivity contribution < 1.29 is 28.9 Å². The van der Waals surface area contributed by atoms with Crippen LogP contribution < -0.4 is 0 Å². The summed E-state index contributed by atoms with van der Waals surface area (Å²) in [6.07, 6.45) is 17.2. The van der Waals surface area contributed by atoms with E-state index in [1.807, 2.05) is 48.7 Å². The van der Waals surface area contributed by atoms with Gasteiger partial charge in [-0.15, -0.1) is 11.8 Å². The maximum absolute atomic E-state index is 12.9. The lowest BCUT2D eigenvalue weighted by Crippen LogP contribution is -2.28. The molecule has 0 N–H and O–H groups in total. The number of nitrogens with zero attached hydrogens (tertiary/aromatic N) is 3. The molecule has 274 valence electrons. The minimum atomic E-state index is -0.517. The van der Waals surface area contributed by atoms with E-state index >= 15 is 0 Å². The molecule has 2 aromatic rings. The van der Waals surface area contributed by atoms with E-state index in [9.17, 15) is 14.4 Å². The van der Waals surface area contributed by atoms with Crippen LogP contribution in [0.15, 0.2) is 75.0 Å². The van der Waals surface area contributed by atoms with Crippen LogP contribution in [0.2, 0.25) is 0 Å². The molecule has 0 aliphatic rings. The number of rotatable bonds is 26. The Balaban J connectivity index is 2.55. The van der Waals surface area contributed by atoms with Gasteiger partial charge in [0.05, 0.1) is 0 Å². The molecule has 0 heterocycles. The number of carbonyl (C=O) groups excluding carboxylic acids is 3. The molecule has 10 heteroatoms. The van der Waals surface area contributed by atoms with Gasteiger partial charge in [0.15, 0.2) is 5.71 Å². The fourth-order valence-corrected chi connectivity index (χ4v) is 5.46. The number of hydrogen-bond donors (Lipinski definition) is 0. The van der Waals surface area contributed by atoms with Crippen molar-refractivity contribution >= 4 is 46.8 Å². The molecule has 0 aromatic heterocycles. The summed E-state index contributed by atoms with van der Waals surface area (Å²) in [6, 6.07) is 16.5. The average molecular weight is 708 g/mol. The summed E-state index contributed by atoms with van der Waals surface area (Å²) in [4.78, 5) is 56.0. The Morgan fingerprint density at radius 1 is 0.500 bits per heavy atom. The predicted molar refractivity (Wildman–Crippen MR) is 204 cm³/mol. The Labute approximate surface area is 303 Å². The maximum Gasteiger partial charge on any atom is 0.335 e. The van der Waals surface area contributed by atoms with Crippen molar-refractivity contribution in [3.8, 4) is 0 Å². The Morgan fingerprint density at radius 3 is 1.28 bits per heavy atom. The van der Waals surface area contributed by atoms with E-state index in [2.05, 4.69) is 36.2 Å². The maximum atomic E-state index is 12.9. The largest absolute Gasteiger partial charge is 0.335 e. The molecule has 0 amide bonds. The molecule has 0 spiro atoms. The van der Waals surface area contributed by atoms with E-state index < -0.39 is 17.9 Å². The van der Waals surface area contributed by atoms with E-state index in [4.69, 9.17) is 14.5 Å². The third-order valence-corrected chi connectivity index (χ3v) is 8.77. The molecule has 50 heavy (non-hydrogen) atoms. The van der Waals surface area contributed by atoms with Gasteiger partial charge in [-0.2, -0.15) is 0 Å². The summed E-state index contributed by atoms with van der Waals surface area (Å²) in [7, 11) is 0. The average Bonchev–Trinajstić information content (AvgIpc) is 3.13. The fraction of sp³-hybridized carbons (Fsp3) is 0.550. The summed E-state index contributed by atoms with van der Waals surface area (Å²) in [5, 5.41) is 12.9. The molecule has 0 radical (unpaired) electrons. The number of oxime groups is 3. The van der Waals surface area contributed by atoms with Crippen LogP contribution in [-0.4, -0.2) is 41.3 Å². The number of unbranched alkanes of at least 4 members (excludes halogenated alkanes) is 12. The topological polar surface area (TPSA) is 116 Å². The van der Waals surface area contributed by atoms with Crippen LogP contribution in [0.3, 0.4) is 0 Å². The SMILES string of the molecule is CCCCCCCC(=O)O/N=C(C(=N/OC(=O)CCCCCCC)/c1ccccc1)\C(=N\OC(=O)CCCCCCC)c1ccc(SC)cc1. The third kappa shape index (κ3) is 17.7. The molecule has 0 saturated carbocycles. The highest BCUT2D eigenvalue weighted by Gasteiger charge is 2.25. The molecule has 0 saturated heterocycles. The lowest BCUT2D eigenvalue weighted by atomic mass is 9.98. The first kappa shape index (κ1) is 42.4. The molecular weight excluding hydrogens is 651 g/mol. The zero-order valence-corrected chi connectivity index (χ0v) is 31.4. The highest BCUT2D eigenvalue weighted by atomic mass is 32.2. The normalized spacial score (nSPS) is 12.1. The fourth-order valence-electron chi connectivity index (χ4n) is 5.05. The zero-order valence-electron chi connectivity index (χ0n) is 30.6. The smallest absolute Gasteiger partial charge is 0.318 e. The summed E-state index contributed by atoms with van der Waals surface area (Å²) >= 11 is 1.58. The molecule has 0 unspecified atom stereocenters. The lowest BCUT2D eigenvalue weighted by Gasteiger charge is -2.13. The molecule has 0 aliphatic heterocycles. The quantitative estimate of drug-likeness (QED) is 0.0314. The van der Waals surface area contributed by atoms with Gasteiger partial charge in [-0.1, -0.05) is 156 Å². The van der Waals surface area contributed by atoms with Crippen molar-refractivity contribution in [2.45, 2.75) is 141 Å². The van der Waals surface area contributed by atoms with Crippen molar-refractivity contribution in [3.05, 3.63) is 65.7 Å². The van der Waals surface area contributed by atoms with Crippen molar-refractivity contribution in [2.75, 3.05) is 6.26 Å². The van der Waals surface area contributed by atoms with E-state index in [1.54, 1.807) is 23.9 Å². The Kier molecular flexibility index (Phi) is 22.9. The third-order valence-electron chi connectivity index (χ3n) is 8.03. The summed E-state index contributed by atoms with van der Waals surface area (Å²) in [5.41, 5.74) is 1.26. The molecule has 9 nitrogen and oxygen atoms in total. The van der Waals surface area contributed by atoms with Gasteiger partial charge < -0.3 is 14.5 Å². The standard InChI is InChI=1S/C40H57N3O6S/c1-5-8-11-14-20-25-35(44)47-41-38(32-23-18-17-19-24-32)40(43-49-37(46)27-22-16-13-10-7-3)39(33-28-30-34(50-4)31-29-33)42-48-36(45)26-21-15-12-9-6-2/h17-19,23-24,28-31H,5-16,20-22,25-27H2,1-4H3/b41-38+,42-39+,43-40-. The first-order valence-corrected chi connectivity index (χ1v) is 19.7. The second-order valence-electron chi connectivity index (χ2n) is 12.3. The molecule has 2 rings (SSSR count). The molecule has 0 atom stereocenters. The van der Waals surface area contributed by atoms with Crippen molar-refractivity contribution in [1.82, 2.24) is 0 Å². The van der Waals surface area contributed by atoms with E-state index in [-0.39, 0.29) is 36.4 Å². The summed E-state index contributed by atoms with van der Waals surface area (Å²) in [6.45, 7) is 6.42. The van der Waals surface area contributed by atoms with Crippen LogP contribution >= 0.6 is 11.8 Å². The van der Waals surface area contributed by atoms with E-state index in [1.165, 1.54) is 0 Å². The molecule has 0 aliphatic carbocycles. The molecule has 0 fully saturated rings. The number of benzene rings is 2. The van der Waals surface area contributed by atoms with E-state index in [0.29, 0.717) is 30.4 Å². The van der Waals surface area contributed by atoms with Gasteiger partial charge in [0.25, 0.3) is 0 Å². The zero-order chi connectivity index (χ0) is 36.2. The highest BCUT2D eigenvalue weighted by molar-refractivity contribution is 7.98. The van der Waals surface area contributed by atoms with E-state index in [0.717, 1.165) is 81.9 Å². The predicted octanol–water partition coefficient (Wildman–Crippen LogP) is 10.6. The van der Waals surface area contributed by atoms with Crippen molar-refractivity contribution in [1.29, 1.82) is 0 Å². The minimum absolute atomic E-state index is 0.0149. The van der Waals surface area contributed by atoms with Crippen LogP contribution in [0.25, 0.3) is 0 Å². The Hall–Kier alpha value is -3.79.